The van der Waals surface area contributed by atoms with Gasteiger partial charge in [0.15, 0.2) is 0 Å². The average molecular weight is 208 g/mol. The summed E-state index contributed by atoms with van der Waals surface area (Å²) in [6, 6.07) is 0.0804. The third-order valence-corrected chi connectivity index (χ3v) is 1.76. The van der Waals surface area contributed by atoms with Gasteiger partial charge in [-0.15, -0.1) is 0 Å². The van der Waals surface area contributed by atoms with Crippen molar-refractivity contribution in [3.05, 3.63) is 0 Å². The Labute approximate surface area is 81.0 Å². The van der Waals surface area contributed by atoms with Crippen molar-refractivity contribution < 1.29 is 18.3 Å². The van der Waals surface area contributed by atoms with Crippen molar-refractivity contribution in [3.63, 3.8) is 0 Å². The molecule has 0 unspecified atom stereocenters. The third-order valence-electron chi connectivity index (χ3n) is 1.76. The van der Waals surface area contributed by atoms with Crippen LogP contribution in [0, 0.1) is 0 Å². The highest BCUT2D eigenvalue weighted by atomic mass is 19.3. The quantitative estimate of drug-likeness (QED) is 0.642. The zero-order valence-electron chi connectivity index (χ0n) is 7.76. The lowest BCUT2D eigenvalue weighted by Gasteiger charge is -2.06. The number of carbonyl (C=O) groups excluding carboxylic acids is 1. The number of ether oxygens (including phenoxy) is 1. The van der Waals surface area contributed by atoms with E-state index in [2.05, 4.69) is 15.4 Å². The van der Waals surface area contributed by atoms with Crippen LogP contribution in [0.1, 0.15) is 19.3 Å². The van der Waals surface area contributed by atoms with Crippen molar-refractivity contribution in [2.45, 2.75) is 31.9 Å². The second-order valence-electron chi connectivity index (χ2n) is 3.16. The molecule has 0 saturated heterocycles. The van der Waals surface area contributed by atoms with Crippen molar-refractivity contribution in [2.75, 3.05) is 13.2 Å². The molecule has 82 valence electrons. The van der Waals surface area contributed by atoms with Crippen molar-refractivity contribution in [3.8, 4) is 0 Å². The van der Waals surface area contributed by atoms with E-state index in [1.807, 2.05) is 0 Å². The number of hydrogen-bond donors (Lipinski definition) is 2. The average Bonchev–Trinajstić information content (AvgIpc) is 2.87. The molecule has 0 radical (unpaired) electrons. The minimum absolute atomic E-state index is 0.0403. The molecule has 2 N–H and O–H groups in total. The molecule has 1 rings (SSSR count). The van der Waals surface area contributed by atoms with Gasteiger partial charge in [-0.25, -0.2) is 4.79 Å². The molecule has 14 heavy (non-hydrogen) atoms. The van der Waals surface area contributed by atoms with Crippen molar-refractivity contribution in [2.24, 2.45) is 0 Å². The second kappa shape index (κ2) is 5.74. The van der Waals surface area contributed by atoms with Gasteiger partial charge in [0.2, 0.25) is 0 Å². The van der Waals surface area contributed by atoms with Crippen LogP contribution in [0.15, 0.2) is 0 Å². The van der Waals surface area contributed by atoms with Gasteiger partial charge in [-0.1, -0.05) is 0 Å². The van der Waals surface area contributed by atoms with Crippen LogP contribution in [0.4, 0.5) is 13.6 Å². The Morgan fingerprint density at radius 1 is 1.50 bits per heavy atom. The summed E-state index contributed by atoms with van der Waals surface area (Å²) < 4.78 is 27.0. The van der Waals surface area contributed by atoms with Gasteiger partial charge in [-0.3, -0.25) is 0 Å². The fraction of sp³-hybridized carbons (Fsp3) is 0.875. The lowest BCUT2D eigenvalue weighted by atomic mass is 10.4. The largest absolute Gasteiger partial charge is 0.345 e. The molecule has 0 aromatic rings. The Balaban J connectivity index is 1.84. The van der Waals surface area contributed by atoms with E-state index in [4.69, 9.17) is 0 Å². The molecule has 0 aliphatic heterocycles. The SMILES string of the molecule is O=C(NCCCOC(F)F)NC1CC1. The van der Waals surface area contributed by atoms with E-state index in [-0.39, 0.29) is 12.6 Å². The first-order valence-electron chi connectivity index (χ1n) is 4.62. The molecule has 0 aromatic carbocycles. The molecule has 0 spiro atoms. The molecule has 1 saturated carbocycles. The third kappa shape index (κ3) is 5.69. The summed E-state index contributed by atoms with van der Waals surface area (Å²) in [5, 5.41) is 5.27. The molecule has 0 bridgehead atoms. The summed E-state index contributed by atoms with van der Waals surface area (Å²) in [6.45, 7) is -2.41. The van der Waals surface area contributed by atoms with Gasteiger partial charge in [0, 0.05) is 12.6 Å². The van der Waals surface area contributed by atoms with Crippen LogP contribution in [-0.2, 0) is 4.74 Å². The number of nitrogens with one attached hydrogen (secondary N) is 2. The summed E-state index contributed by atoms with van der Waals surface area (Å²) in [5.41, 5.74) is 0. The molecule has 0 aromatic heterocycles. The zero-order valence-corrected chi connectivity index (χ0v) is 7.76. The fourth-order valence-electron chi connectivity index (χ4n) is 0.911. The van der Waals surface area contributed by atoms with Gasteiger partial charge in [0.1, 0.15) is 0 Å². The number of alkyl halides is 2. The molecule has 0 atom stereocenters. The number of carbonyl (C=O) groups is 1. The lowest BCUT2D eigenvalue weighted by molar-refractivity contribution is -0.128. The van der Waals surface area contributed by atoms with Crippen LogP contribution in [-0.4, -0.2) is 31.8 Å². The first-order chi connectivity index (χ1) is 6.68. The van der Waals surface area contributed by atoms with E-state index < -0.39 is 6.61 Å². The van der Waals surface area contributed by atoms with Gasteiger partial charge in [-0.05, 0) is 19.3 Å². The molecular weight excluding hydrogens is 194 g/mol. The highest BCUT2D eigenvalue weighted by Crippen LogP contribution is 2.18. The Morgan fingerprint density at radius 3 is 2.79 bits per heavy atom. The van der Waals surface area contributed by atoms with Gasteiger partial charge in [-0.2, -0.15) is 8.78 Å². The topological polar surface area (TPSA) is 50.4 Å². The summed E-state index contributed by atoms with van der Waals surface area (Å²) >= 11 is 0. The summed E-state index contributed by atoms with van der Waals surface area (Å²) in [6.07, 6.45) is 2.45. The van der Waals surface area contributed by atoms with Crippen molar-refractivity contribution >= 4 is 6.03 Å². The van der Waals surface area contributed by atoms with Gasteiger partial charge >= 0.3 is 12.6 Å². The minimum atomic E-state index is -2.73. The highest BCUT2D eigenvalue weighted by Gasteiger charge is 2.22. The maximum atomic E-state index is 11.5. The Hall–Kier alpha value is -0.910. The normalized spacial score (nSPS) is 15.6. The van der Waals surface area contributed by atoms with E-state index in [9.17, 15) is 13.6 Å². The van der Waals surface area contributed by atoms with E-state index in [0.717, 1.165) is 12.8 Å². The van der Waals surface area contributed by atoms with Gasteiger partial charge < -0.3 is 15.4 Å². The van der Waals surface area contributed by atoms with Crippen LogP contribution >= 0.6 is 0 Å². The van der Waals surface area contributed by atoms with E-state index in [0.29, 0.717) is 19.0 Å². The zero-order chi connectivity index (χ0) is 10.4. The predicted molar refractivity (Wildman–Crippen MR) is 46.1 cm³/mol. The molecule has 1 aliphatic carbocycles. The fourth-order valence-corrected chi connectivity index (χ4v) is 0.911. The number of amides is 2. The molecule has 4 nitrogen and oxygen atoms in total. The van der Waals surface area contributed by atoms with Crippen LogP contribution in [0.25, 0.3) is 0 Å². The van der Waals surface area contributed by atoms with Crippen LogP contribution < -0.4 is 10.6 Å². The van der Waals surface area contributed by atoms with Crippen LogP contribution in [0.3, 0.4) is 0 Å². The minimum Gasteiger partial charge on any atom is -0.338 e. The van der Waals surface area contributed by atoms with Crippen molar-refractivity contribution in [1.82, 2.24) is 10.6 Å². The number of hydrogen-bond acceptors (Lipinski definition) is 2. The Morgan fingerprint density at radius 2 is 2.21 bits per heavy atom. The number of urea groups is 1. The first kappa shape index (κ1) is 11.2. The second-order valence-corrected chi connectivity index (χ2v) is 3.16. The molecule has 2 amide bonds. The summed E-state index contributed by atoms with van der Waals surface area (Å²) in [5.74, 6) is 0. The number of rotatable bonds is 6. The first-order valence-corrected chi connectivity index (χ1v) is 4.62. The molecule has 1 aliphatic rings. The van der Waals surface area contributed by atoms with Gasteiger partial charge in [0.05, 0.1) is 6.61 Å². The molecular formula is C8H14F2N2O2. The Kier molecular flexibility index (Phi) is 4.58. The highest BCUT2D eigenvalue weighted by molar-refractivity contribution is 5.74. The number of halogens is 2. The maximum absolute atomic E-state index is 11.5. The van der Waals surface area contributed by atoms with Crippen LogP contribution in [0.2, 0.25) is 0 Å². The van der Waals surface area contributed by atoms with Crippen LogP contribution in [0.5, 0.6) is 0 Å². The Bertz CT molecular complexity index is 186. The monoisotopic (exact) mass is 208 g/mol. The predicted octanol–water partition coefficient (Wildman–Crippen LogP) is 1.08. The standard InChI is InChI=1S/C8H14F2N2O2/c9-7(10)14-5-1-4-11-8(13)12-6-2-3-6/h6-7H,1-5H2,(H2,11,12,13). The molecule has 0 heterocycles. The summed E-state index contributed by atoms with van der Waals surface area (Å²) in [4.78, 5) is 11.0. The summed E-state index contributed by atoms with van der Waals surface area (Å²) in [7, 11) is 0. The smallest absolute Gasteiger partial charge is 0.338 e. The van der Waals surface area contributed by atoms with E-state index >= 15 is 0 Å². The molecule has 1 fully saturated rings. The van der Waals surface area contributed by atoms with E-state index in [1.54, 1.807) is 0 Å². The maximum Gasteiger partial charge on any atom is 0.345 e. The lowest BCUT2D eigenvalue weighted by Crippen LogP contribution is -2.37. The van der Waals surface area contributed by atoms with Crippen molar-refractivity contribution in [1.29, 1.82) is 0 Å². The van der Waals surface area contributed by atoms with E-state index in [1.165, 1.54) is 0 Å². The molecule has 6 heteroatoms. The van der Waals surface area contributed by atoms with Gasteiger partial charge in [0.25, 0.3) is 0 Å².